The molecule has 0 unspecified atom stereocenters. The summed E-state index contributed by atoms with van der Waals surface area (Å²) in [6, 6.07) is 0. The van der Waals surface area contributed by atoms with Gasteiger partial charge in [-0.1, -0.05) is 0 Å². The summed E-state index contributed by atoms with van der Waals surface area (Å²) < 4.78 is 0. The third-order valence-corrected chi connectivity index (χ3v) is 1.82. The first-order valence-corrected chi connectivity index (χ1v) is 3.84. The molecule has 1 heterocycles. The lowest BCUT2D eigenvalue weighted by Crippen LogP contribution is -2.50. The van der Waals surface area contributed by atoms with Gasteiger partial charge in [0.1, 0.15) is 0 Å². The van der Waals surface area contributed by atoms with Gasteiger partial charge in [-0.3, -0.25) is 4.90 Å². The van der Waals surface area contributed by atoms with Gasteiger partial charge in [0, 0.05) is 19.7 Å². The van der Waals surface area contributed by atoms with Gasteiger partial charge < -0.3 is 10.2 Å². The molecule has 0 aromatic heterocycles. The average molecular weight is 145 g/mol. The summed E-state index contributed by atoms with van der Waals surface area (Å²) in [6.07, 6.45) is 1.84. The number of aliphatic hydroxyl groups excluding tert-OH is 2. The zero-order valence-corrected chi connectivity index (χ0v) is 6.16. The van der Waals surface area contributed by atoms with Crippen molar-refractivity contribution < 1.29 is 10.2 Å². The Hall–Kier alpha value is -0.120. The quantitative estimate of drug-likeness (QED) is 0.521. The molecule has 60 valence electrons. The normalized spacial score (nSPS) is 21.0. The minimum atomic E-state index is -0.0888. The van der Waals surface area contributed by atoms with Crippen molar-refractivity contribution in [3.8, 4) is 0 Å². The van der Waals surface area contributed by atoms with E-state index in [1.54, 1.807) is 0 Å². The SMILES string of the molecule is OCCCCN1CC(O)C1. The molecule has 0 amide bonds. The van der Waals surface area contributed by atoms with Gasteiger partial charge in [0.15, 0.2) is 0 Å². The number of unbranched alkanes of at least 4 members (excludes halogenated alkanes) is 1. The number of likely N-dealkylation sites (tertiary alicyclic amines) is 1. The molecule has 0 bridgehead atoms. The predicted molar refractivity (Wildman–Crippen MR) is 38.8 cm³/mol. The maximum atomic E-state index is 8.88. The van der Waals surface area contributed by atoms with E-state index in [1.807, 2.05) is 0 Å². The maximum Gasteiger partial charge on any atom is 0.0793 e. The van der Waals surface area contributed by atoms with Crippen molar-refractivity contribution in [1.29, 1.82) is 0 Å². The minimum absolute atomic E-state index is 0.0888. The molecule has 1 fully saturated rings. The van der Waals surface area contributed by atoms with E-state index in [9.17, 15) is 0 Å². The first-order chi connectivity index (χ1) is 4.83. The van der Waals surface area contributed by atoms with Crippen LogP contribution >= 0.6 is 0 Å². The summed E-state index contributed by atoms with van der Waals surface area (Å²) in [4.78, 5) is 2.19. The van der Waals surface area contributed by atoms with Crippen molar-refractivity contribution in [3.05, 3.63) is 0 Å². The Labute approximate surface area is 61.3 Å². The number of rotatable bonds is 4. The highest BCUT2D eigenvalue weighted by atomic mass is 16.3. The van der Waals surface area contributed by atoms with Gasteiger partial charge in [-0.2, -0.15) is 0 Å². The van der Waals surface area contributed by atoms with Crippen molar-refractivity contribution in [2.24, 2.45) is 0 Å². The van der Waals surface area contributed by atoms with Crippen LogP contribution in [0.15, 0.2) is 0 Å². The van der Waals surface area contributed by atoms with Crippen LogP contribution in [0.1, 0.15) is 12.8 Å². The number of β-amino-alcohol motifs (C(OH)–C–C–N with tert-alkyl or cyclic N) is 1. The molecular weight excluding hydrogens is 130 g/mol. The molecule has 10 heavy (non-hydrogen) atoms. The summed E-state index contributed by atoms with van der Waals surface area (Å²) >= 11 is 0. The second kappa shape index (κ2) is 3.91. The minimum Gasteiger partial charge on any atom is -0.396 e. The van der Waals surface area contributed by atoms with Crippen LogP contribution in [0.2, 0.25) is 0 Å². The van der Waals surface area contributed by atoms with E-state index in [2.05, 4.69) is 4.90 Å². The number of aliphatic hydroxyl groups is 2. The monoisotopic (exact) mass is 145 g/mol. The van der Waals surface area contributed by atoms with Crippen molar-refractivity contribution in [1.82, 2.24) is 4.90 Å². The summed E-state index contributed by atoms with van der Waals surface area (Å²) in [7, 11) is 0. The molecule has 1 saturated heterocycles. The molecule has 0 atom stereocenters. The molecule has 0 aliphatic carbocycles. The van der Waals surface area contributed by atoms with Crippen LogP contribution in [-0.4, -0.2) is 47.5 Å². The van der Waals surface area contributed by atoms with Gasteiger partial charge in [0.25, 0.3) is 0 Å². The van der Waals surface area contributed by atoms with Crippen molar-refractivity contribution in [3.63, 3.8) is 0 Å². The molecule has 0 spiro atoms. The Balaban J connectivity index is 1.86. The molecule has 0 aromatic rings. The highest BCUT2D eigenvalue weighted by Crippen LogP contribution is 2.07. The number of hydrogen-bond donors (Lipinski definition) is 2. The van der Waals surface area contributed by atoms with E-state index >= 15 is 0 Å². The van der Waals surface area contributed by atoms with Crippen molar-refractivity contribution >= 4 is 0 Å². The summed E-state index contributed by atoms with van der Waals surface area (Å²) in [5.41, 5.74) is 0. The molecule has 2 N–H and O–H groups in total. The highest BCUT2D eigenvalue weighted by molar-refractivity contribution is 4.77. The van der Waals surface area contributed by atoms with Crippen LogP contribution in [-0.2, 0) is 0 Å². The lowest BCUT2D eigenvalue weighted by atomic mass is 10.1. The summed E-state index contributed by atoms with van der Waals surface area (Å²) in [5, 5.41) is 17.3. The second-order valence-electron chi connectivity index (χ2n) is 2.84. The van der Waals surface area contributed by atoms with E-state index in [0.717, 1.165) is 32.5 Å². The van der Waals surface area contributed by atoms with Gasteiger partial charge >= 0.3 is 0 Å². The van der Waals surface area contributed by atoms with E-state index < -0.39 is 0 Å². The maximum absolute atomic E-state index is 8.88. The second-order valence-corrected chi connectivity index (χ2v) is 2.84. The molecule has 1 aliphatic heterocycles. The molecule has 3 heteroatoms. The van der Waals surface area contributed by atoms with Crippen LogP contribution < -0.4 is 0 Å². The van der Waals surface area contributed by atoms with Gasteiger partial charge in [0.2, 0.25) is 0 Å². The van der Waals surface area contributed by atoms with Crippen LogP contribution in [0, 0.1) is 0 Å². The Bertz CT molecular complexity index is 91.6. The van der Waals surface area contributed by atoms with Crippen LogP contribution in [0.5, 0.6) is 0 Å². The molecular formula is C7H15NO2. The third-order valence-electron chi connectivity index (χ3n) is 1.82. The molecule has 0 saturated carbocycles. The van der Waals surface area contributed by atoms with E-state index in [1.165, 1.54) is 0 Å². The topological polar surface area (TPSA) is 43.7 Å². The zero-order valence-electron chi connectivity index (χ0n) is 6.16. The smallest absolute Gasteiger partial charge is 0.0793 e. The van der Waals surface area contributed by atoms with Gasteiger partial charge in [-0.05, 0) is 19.4 Å². The number of nitrogens with zero attached hydrogens (tertiary/aromatic N) is 1. The Morgan fingerprint density at radius 3 is 2.50 bits per heavy atom. The molecule has 1 aliphatic rings. The standard InChI is InChI=1S/C7H15NO2/c9-4-2-1-3-8-5-7(10)6-8/h7,9-10H,1-6H2. The predicted octanol–water partition coefficient (Wildman–Crippen LogP) is -0.565. The fourth-order valence-corrected chi connectivity index (χ4v) is 1.17. The van der Waals surface area contributed by atoms with Gasteiger partial charge in [-0.15, -0.1) is 0 Å². The van der Waals surface area contributed by atoms with Crippen LogP contribution in [0.25, 0.3) is 0 Å². The Kier molecular flexibility index (Phi) is 3.12. The fraction of sp³-hybridized carbons (Fsp3) is 1.00. The average Bonchev–Trinajstić information content (AvgIpc) is 1.85. The van der Waals surface area contributed by atoms with Crippen molar-refractivity contribution in [2.45, 2.75) is 18.9 Å². The van der Waals surface area contributed by atoms with Gasteiger partial charge in [-0.25, -0.2) is 0 Å². The molecule has 0 aromatic carbocycles. The van der Waals surface area contributed by atoms with Gasteiger partial charge in [0.05, 0.1) is 6.10 Å². The molecule has 3 nitrogen and oxygen atoms in total. The lowest BCUT2D eigenvalue weighted by molar-refractivity contribution is 0.00102. The Morgan fingerprint density at radius 2 is 2.00 bits per heavy atom. The lowest BCUT2D eigenvalue weighted by Gasteiger charge is -2.35. The van der Waals surface area contributed by atoms with E-state index in [-0.39, 0.29) is 12.7 Å². The number of hydrogen-bond acceptors (Lipinski definition) is 3. The third kappa shape index (κ3) is 2.25. The fourth-order valence-electron chi connectivity index (χ4n) is 1.17. The highest BCUT2D eigenvalue weighted by Gasteiger charge is 2.22. The molecule has 1 rings (SSSR count). The van der Waals surface area contributed by atoms with Crippen LogP contribution in [0.4, 0.5) is 0 Å². The molecule has 0 radical (unpaired) electrons. The first-order valence-electron chi connectivity index (χ1n) is 3.84. The summed E-state index contributed by atoms with van der Waals surface area (Å²) in [6.45, 7) is 2.96. The largest absolute Gasteiger partial charge is 0.396 e. The van der Waals surface area contributed by atoms with E-state index in [4.69, 9.17) is 10.2 Å². The van der Waals surface area contributed by atoms with Crippen molar-refractivity contribution in [2.75, 3.05) is 26.2 Å². The summed E-state index contributed by atoms with van der Waals surface area (Å²) in [5.74, 6) is 0. The van der Waals surface area contributed by atoms with E-state index in [0.29, 0.717) is 0 Å². The Morgan fingerprint density at radius 1 is 1.30 bits per heavy atom. The van der Waals surface area contributed by atoms with Crippen LogP contribution in [0.3, 0.4) is 0 Å². The zero-order chi connectivity index (χ0) is 7.40. The first kappa shape index (κ1) is 7.98.